The molecular weight excluding hydrogens is 376 g/mol. The molecule has 2 heterocycles. The van der Waals surface area contributed by atoms with E-state index in [1.54, 1.807) is 18.2 Å². The summed E-state index contributed by atoms with van der Waals surface area (Å²) in [4.78, 5) is 28.8. The summed E-state index contributed by atoms with van der Waals surface area (Å²) in [6, 6.07) is 0. The number of nitrogens with two attached hydrogens (primary N) is 1. The van der Waals surface area contributed by atoms with E-state index in [2.05, 4.69) is 17.0 Å². The zero-order valence-corrected chi connectivity index (χ0v) is 16.9. The predicted octanol–water partition coefficient (Wildman–Crippen LogP) is 3.30. The number of ketones is 1. The number of anilines is 1. The number of allylic oxidation sites excluding steroid dienone is 4. The zero-order valence-electron chi connectivity index (χ0n) is 16.1. The third-order valence-electron chi connectivity index (χ3n) is 4.53. The highest BCUT2D eigenvalue weighted by Gasteiger charge is 2.16. The van der Waals surface area contributed by atoms with E-state index in [-0.39, 0.29) is 22.9 Å². The van der Waals surface area contributed by atoms with Gasteiger partial charge >= 0.3 is 0 Å². The molecule has 2 aromatic rings. The first kappa shape index (κ1) is 20.0. The summed E-state index contributed by atoms with van der Waals surface area (Å²) in [5.41, 5.74) is 6.68. The molecule has 8 heteroatoms. The number of ether oxygens (including phenoxy) is 1. The smallest absolute Gasteiger partial charge is 0.283 e. The number of unbranched alkanes of at least 4 members (excludes halogenated alkanes) is 4. The van der Waals surface area contributed by atoms with Crippen molar-refractivity contribution in [3.05, 3.63) is 50.5 Å². The number of aryl methyl sites for hydroxylation is 1. The van der Waals surface area contributed by atoms with Gasteiger partial charge in [-0.3, -0.25) is 9.59 Å². The Balaban J connectivity index is 1.87. The Bertz CT molecular complexity index is 1030. The van der Waals surface area contributed by atoms with Gasteiger partial charge in [-0.2, -0.15) is 14.6 Å². The van der Waals surface area contributed by atoms with Gasteiger partial charge < -0.3 is 10.5 Å². The molecule has 7 nitrogen and oxygen atoms in total. The standard InChI is InChI=1S/C20H24N4O3S/c1-3-4-5-6-7-8-17-23-24-18(21)14(19(26)22-20(24)28-17)11-13-9-10-15(25)16(12-13)27-2/h9-12H,3-8,21H2,1-2H3/b13-11-. The van der Waals surface area contributed by atoms with Crippen LogP contribution in [0.4, 0.5) is 5.82 Å². The van der Waals surface area contributed by atoms with Gasteiger partial charge in [0, 0.05) is 6.42 Å². The maximum atomic E-state index is 12.5. The molecule has 0 radical (unpaired) electrons. The van der Waals surface area contributed by atoms with Crippen LogP contribution < -0.4 is 11.3 Å². The van der Waals surface area contributed by atoms with E-state index in [0.29, 0.717) is 10.5 Å². The average Bonchev–Trinajstić information content (AvgIpc) is 3.09. The SMILES string of the molecule is CCCCCCCc1nn2c(N)c(/C=C3/C=CC(=O)C(OC)=C3)c(=O)nc2s1. The first-order valence-corrected chi connectivity index (χ1v) is 10.2. The van der Waals surface area contributed by atoms with Crippen LogP contribution in [-0.2, 0) is 16.0 Å². The van der Waals surface area contributed by atoms with Crippen molar-refractivity contribution >= 4 is 34.0 Å². The van der Waals surface area contributed by atoms with Crippen molar-refractivity contribution < 1.29 is 9.53 Å². The molecule has 0 unspecified atom stereocenters. The van der Waals surface area contributed by atoms with E-state index >= 15 is 0 Å². The summed E-state index contributed by atoms with van der Waals surface area (Å²) in [6.45, 7) is 2.19. The van der Waals surface area contributed by atoms with Crippen LogP contribution in [0, 0.1) is 0 Å². The number of hydrogen-bond acceptors (Lipinski definition) is 7. The Morgan fingerprint density at radius 3 is 2.75 bits per heavy atom. The van der Waals surface area contributed by atoms with Gasteiger partial charge in [0.15, 0.2) is 5.76 Å². The Kier molecular flexibility index (Phi) is 6.41. The maximum Gasteiger partial charge on any atom is 0.283 e. The van der Waals surface area contributed by atoms with Gasteiger partial charge in [0.2, 0.25) is 10.7 Å². The number of rotatable bonds is 8. The van der Waals surface area contributed by atoms with Gasteiger partial charge in [0.1, 0.15) is 10.8 Å². The second kappa shape index (κ2) is 8.97. The molecule has 2 aromatic heterocycles. The van der Waals surface area contributed by atoms with Crippen LogP contribution in [0.25, 0.3) is 11.0 Å². The van der Waals surface area contributed by atoms with Crippen LogP contribution in [0.3, 0.4) is 0 Å². The topological polar surface area (TPSA) is 99.6 Å². The molecule has 28 heavy (non-hydrogen) atoms. The summed E-state index contributed by atoms with van der Waals surface area (Å²) in [6.07, 6.45) is 12.9. The van der Waals surface area contributed by atoms with E-state index in [0.717, 1.165) is 17.8 Å². The Labute approximate surface area is 167 Å². The van der Waals surface area contributed by atoms with Crippen LogP contribution in [0.1, 0.15) is 49.6 Å². The monoisotopic (exact) mass is 400 g/mol. The fourth-order valence-corrected chi connectivity index (χ4v) is 3.91. The van der Waals surface area contributed by atoms with Gasteiger partial charge in [-0.05, 0) is 30.2 Å². The van der Waals surface area contributed by atoms with Crippen molar-refractivity contribution in [2.24, 2.45) is 0 Å². The normalized spacial score (nSPS) is 15.4. The first-order valence-electron chi connectivity index (χ1n) is 9.41. The van der Waals surface area contributed by atoms with Crippen molar-refractivity contribution in [3.63, 3.8) is 0 Å². The second-order valence-electron chi connectivity index (χ2n) is 6.62. The minimum Gasteiger partial charge on any atom is -0.493 e. The highest BCUT2D eigenvalue weighted by atomic mass is 32.1. The number of aromatic nitrogens is 3. The minimum atomic E-state index is -0.416. The van der Waals surface area contributed by atoms with Crippen molar-refractivity contribution in [1.82, 2.24) is 14.6 Å². The van der Waals surface area contributed by atoms with Gasteiger partial charge in [0.05, 0.1) is 12.7 Å². The van der Waals surface area contributed by atoms with Gasteiger partial charge in [0.25, 0.3) is 5.56 Å². The third kappa shape index (κ3) is 4.39. The maximum absolute atomic E-state index is 12.5. The Hall–Kier alpha value is -2.74. The number of nitrogens with zero attached hydrogens (tertiary/aromatic N) is 3. The van der Waals surface area contributed by atoms with E-state index in [4.69, 9.17) is 10.5 Å². The number of hydrogen-bond donors (Lipinski definition) is 1. The summed E-state index contributed by atoms with van der Waals surface area (Å²) in [7, 11) is 1.43. The molecule has 0 amide bonds. The number of fused-ring (bicyclic) bond motifs is 1. The van der Waals surface area contributed by atoms with Crippen molar-refractivity contribution in [3.8, 4) is 0 Å². The van der Waals surface area contributed by atoms with Crippen molar-refractivity contribution in [2.75, 3.05) is 12.8 Å². The molecule has 2 N–H and O–H groups in total. The quantitative estimate of drug-likeness (QED) is 0.683. The lowest BCUT2D eigenvalue weighted by Crippen LogP contribution is -2.17. The van der Waals surface area contributed by atoms with Crippen molar-refractivity contribution in [2.45, 2.75) is 45.4 Å². The molecule has 3 rings (SSSR count). The third-order valence-corrected chi connectivity index (χ3v) is 5.49. The summed E-state index contributed by atoms with van der Waals surface area (Å²) in [5, 5.41) is 5.46. The van der Waals surface area contributed by atoms with Crippen LogP contribution in [-0.4, -0.2) is 27.5 Å². The van der Waals surface area contributed by atoms with Crippen molar-refractivity contribution in [1.29, 1.82) is 0 Å². The number of carbonyl (C=O) groups excluding carboxylic acids is 1. The van der Waals surface area contributed by atoms with E-state index < -0.39 is 5.56 Å². The molecule has 0 saturated carbocycles. The average molecular weight is 401 g/mol. The van der Waals surface area contributed by atoms with Crippen LogP contribution in [0.15, 0.2) is 34.4 Å². The fourth-order valence-electron chi connectivity index (χ4n) is 2.98. The Morgan fingerprint density at radius 2 is 2.00 bits per heavy atom. The predicted molar refractivity (Wildman–Crippen MR) is 111 cm³/mol. The molecule has 0 saturated heterocycles. The molecule has 0 spiro atoms. The lowest BCUT2D eigenvalue weighted by atomic mass is 10.0. The number of nitrogen functional groups attached to an aromatic ring is 1. The van der Waals surface area contributed by atoms with E-state index in [1.807, 2.05) is 0 Å². The first-order chi connectivity index (χ1) is 13.5. The minimum absolute atomic E-state index is 0.209. The summed E-state index contributed by atoms with van der Waals surface area (Å²) >= 11 is 1.40. The Morgan fingerprint density at radius 1 is 1.21 bits per heavy atom. The highest BCUT2D eigenvalue weighted by molar-refractivity contribution is 7.16. The van der Waals surface area contributed by atoms with Gasteiger partial charge in [-0.15, -0.1) is 0 Å². The van der Waals surface area contributed by atoms with Crippen LogP contribution >= 0.6 is 11.3 Å². The molecule has 0 bridgehead atoms. The molecule has 1 aliphatic rings. The van der Waals surface area contributed by atoms with E-state index in [1.165, 1.54) is 54.7 Å². The largest absolute Gasteiger partial charge is 0.493 e. The van der Waals surface area contributed by atoms with E-state index in [9.17, 15) is 9.59 Å². The zero-order chi connectivity index (χ0) is 20.1. The lowest BCUT2D eigenvalue weighted by Gasteiger charge is -2.08. The molecular formula is C20H24N4O3S. The van der Waals surface area contributed by atoms with Crippen LogP contribution in [0.5, 0.6) is 0 Å². The fraction of sp³-hybridized carbons (Fsp3) is 0.400. The highest BCUT2D eigenvalue weighted by Crippen LogP contribution is 2.22. The second-order valence-corrected chi connectivity index (χ2v) is 7.67. The molecule has 0 aliphatic heterocycles. The van der Waals surface area contributed by atoms with Crippen LogP contribution in [0.2, 0.25) is 0 Å². The summed E-state index contributed by atoms with van der Waals surface area (Å²) < 4.78 is 6.57. The van der Waals surface area contributed by atoms with Gasteiger partial charge in [-0.25, -0.2) is 0 Å². The molecule has 0 atom stereocenters. The number of methoxy groups -OCH3 is 1. The summed E-state index contributed by atoms with van der Waals surface area (Å²) in [5.74, 6) is 0.232. The molecule has 0 fully saturated rings. The molecule has 148 valence electrons. The molecule has 0 aromatic carbocycles. The van der Waals surface area contributed by atoms with Gasteiger partial charge in [-0.1, -0.05) is 50.0 Å². The lowest BCUT2D eigenvalue weighted by molar-refractivity contribution is -0.114. The number of carbonyl (C=O) groups is 1. The molecule has 1 aliphatic carbocycles.